The quantitative estimate of drug-likeness (QED) is 0.128. The monoisotopic (exact) mass is 1020 g/mol. The molecule has 74 heavy (non-hydrogen) atoms. The number of likely N-dealkylation sites (tertiary alicyclic amines) is 2. The number of carbonyl (C=O) groups excluding carboxylic acids is 6. The van der Waals surface area contributed by atoms with Crippen LogP contribution in [0.15, 0.2) is 36.4 Å². The number of rotatable bonds is 16. The van der Waals surface area contributed by atoms with Crippen LogP contribution in [0.25, 0.3) is 0 Å². The van der Waals surface area contributed by atoms with Crippen LogP contribution in [0.3, 0.4) is 0 Å². The molecule has 0 spiro atoms. The first-order valence-electron chi connectivity index (χ1n) is 28.9. The van der Waals surface area contributed by atoms with Crippen LogP contribution < -0.4 is 41.7 Å². The first-order chi connectivity index (χ1) is 35.9. The van der Waals surface area contributed by atoms with E-state index in [9.17, 15) is 28.8 Å². The van der Waals surface area contributed by atoms with E-state index in [-0.39, 0.29) is 59.4 Å². The maximum absolute atomic E-state index is 14.4. The first kappa shape index (κ1) is 53.6. The number of nitrogens with zero attached hydrogens (tertiary/aromatic N) is 4. The van der Waals surface area contributed by atoms with Gasteiger partial charge in [0.05, 0.1) is 24.2 Å². The van der Waals surface area contributed by atoms with Crippen LogP contribution in [0.2, 0.25) is 0 Å². The highest BCUT2D eigenvalue weighted by Gasteiger charge is 2.44. The van der Waals surface area contributed by atoms with Gasteiger partial charge in [-0.2, -0.15) is 0 Å². The highest BCUT2D eigenvalue weighted by Crippen LogP contribution is 2.40. The second kappa shape index (κ2) is 24.6. The van der Waals surface area contributed by atoms with E-state index >= 15 is 0 Å². The zero-order valence-electron chi connectivity index (χ0n) is 44.9. The summed E-state index contributed by atoms with van der Waals surface area (Å²) in [4.78, 5) is 92.2. The third kappa shape index (κ3) is 11.8. The van der Waals surface area contributed by atoms with Crippen LogP contribution in [-0.4, -0.2) is 135 Å². The SMILES string of the molecule is CN[C@@H](C)C(=O)N[C@H](C(=O)N1CCC[C@H]1C(=O)NC1CCCc2c1cccc2N1CCN(c2cccc3c2CCC[C@H]3NC(=O)[C@@H]2CCCN2C(=O)[C@@H](NC(=O)[C@H](C)NC)C2CCCCC2)CC1)C1CCCCC1. The lowest BCUT2D eigenvalue weighted by molar-refractivity contribution is -0.143. The summed E-state index contributed by atoms with van der Waals surface area (Å²) in [6, 6.07) is 9.55. The largest absolute Gasteiger partial charge is 0.368 e. The van der Waals surface area contributed by atoms with Gasteiger partial charge in [-0.3, -0.25) is 28.8 Å². The van der Waals surface area contributed by atoms with E-state index in [1.807, 2.05) is 0 Å². The van der Waals surface area contributed by atoms with Crippen molar-refractivity contribution in [3.8, 4) is 0 Å². The second-order valence-corrected chi connectivity index (χ2v) is 22.7. The molecular formula is C58H86N10O6. The van der Waals surface area contributed by atoms with E-state index in [1.54, 1.807) is 37.7 Å². The van der Waals surface area contributed by atoms with Gasteiger partial charge in [0, 0.05) is 50.6 Å². The third-order valence-corrected chi connectivity index (χ3v) is 18.3. The standard InChI is InChI=1S/C58H86N10O6/c1-37(59-3)53(69)63-51(39-17-7-5-8-18-39)57(73)67-31-15-29-49(67)55(71)61-45-25-11-23-43-41(45)21-13-27-47(43)65-33-35-66(36-34-65)48-28-14-22-42-44(48)24-12-26-46(42)62-56(72)50-30-16-32-68(50)58(74)52(40-19-9-6-10-20-40)64-54(70)38(2)60-4/h13-14,21-22,27-28,37-40,45-46,49-52,59-60H,5-12,15-20,23-26,29-36H2,1-4H3,(H,61,71)(H,62,72)(H,63,69)(H,64,70)/t37-,38-,45+,46?,49-,50-,51-,52-/m0/s1. The molecule has 404 valence electrons. The Kier molecular flexibility index (Phi) is 17.8. The highest BCUT2D eigenvalue weighted by molar-refractivity contribution is 5.95. The molecular weight excluding hydrogens is 933 g/mol. The Balaban J connectivity index is 0.830. The molecule has 16 nitrogen and oxygen atoms in total. The van der Waals surface area contributed by atoms with Gasteiger partial charge in [-0.25, -0.2) is 0 Å². The predicted molar refractivity (Wildman–Crippen MR) is 288 cm³/mol. The van der Waals surface area contributed by atoms with Crippen LogP contribution in [-0.2, 0) is 41.6 Å². The Morgan fingerprint density at radius 3 is 1.24 bits per heavy atom. The summed E-state index contributed by atoms with van der Waals surface area (Å²) in [5.74, 6) is -0.686. The molecule has 5 fully saturated rings. The number of amides is 6. The molecule has 2 saturated carbocycles. The fourth-order valence-corrected chi connectivity index (χ4v) is 13.8. The fourth-order valence-electron chi connectivity index (χ4n) is 13.8. The average molecular weight is 1020 g/mol. The maximum Gasteiger partial charge on any atom is 0.246 e. The normalized spacial score (nSPS) is 25.2. The lowest BCUT2D eigenvalue weighted by Gasteiger charge is -2.41. The van der Waals surface area contributed by atoms with Crippen molar-refractivity contribution in [2.75, 3.05) is 63.2 Å². The van der Waals surface area contributed by atoms with Gasteiger partial charge in [0.15, 0.2) is 0 Å². The van der Waals surface area contributed by atoms with Crippen molar-refractivity contribution in [1.29, 1.82) is 0 Å². The number of fused-ring (bicyclic) bond motifs is 2. The molecule has 3 saturated heterocycles. The average Bonchev–Trinajstić information content (AvgIpc) is 4.15. The van der Waals surface area contributed by atoms with Crippen molar-refractivity contribution in [2.24, 2.45) is 11.8 Å². The first-order valence-corrected chi connectivity index (χ1v) is 28.9. The molecule has 8 atom stereocenters. The molecule has 0 bridgehead atoms. The van der Waals surface area contributed by atoms with Gasteiger partial charge in [-0.05, 0) is 164 Å². The Bertz CT molecular complexity index is 2170. The fraction of sp³-hybridized carbons (Fsp3) is 0.690. The molecule has 1 unspecified atom stereocenters. The molecule has 9 rings (SSSR count). The summed E-state index contributed by atoms with van der Waals surface area (Å²) < 4.78 is 0. The van der Waals surface area contributed by atoms with Crippen molar-refractivity contribution in [1.82, 2.24) is 41.7 Å². The van der Waals surface area contributed by atoms with Gasteiger partial charge >= 0.3 is 0 Å². The van der Waals surface area contributed by atoms with Crippen LogP contribution in [0.5, 0.6) is 0 Å². The second-order valence-electron chi connectivity index (χ2n) is 22.7. The molecule has 6 amide bonds. The highest BCUT2D eigenvalue weighted by atomic mass is 16.2. The van der Waals surface area contributed by atoms with Gasteiger partial charge in [0.25, 0.3) is 0 Å². The number of piperazine rings is 1. The lowest BCUT2D eigenvalue weighted by Crippen LogP contribution is -2.58. The molecule has 2 aromatic rings. The summed E-state index contributed by atoms with van der Waals surface area (Å²) in [5.41, 5.74) is 7.40. The van der Waals surface area contributed by atoms with E-state index in [0.29, 0.717) is 25.9 Å². The molecule has 0 radical (unpaired) electrons. The molecule has 2 aromatic carbocycles. The molecule has 3 heterocycles. The van der Waals surface area contributed by atoms with E-state index in [4.69, 9.17) is 0 Å². The molecule has 7 aliphatic rings. The number of hydrogen-bond acceptors (Lipinski definition) is 10. The lowest BCUT2D eigenvalue weighted by atomic mass is 9.83. The number of carbonyl (C=O) groups is 6. The predicted octanol–water partition coefficient (Wildman–Crippen LogP) is 5.33. The molecule has 0 aromatic heterocycles. The number of hydrogen-bond donors (Lipinski definition) is 6. The Labute approximate surface area is 440 Å². The summed E-state index contributed by atoms with van der Waals surface area (Å²) >= 11 is 0. The van der Waals surface area contributed by atoms with Crippen molar-refractivity contribution < 1.29 is 28.8 Å². The smallest absolute Gasteiger partial charge is 0.246 e. The summed E-state index contributed by atoms with van der Waals surface area (Å²) in [6.07, 6.45) is 18.3. The topological polar surface area (TPSA) is 188 Å². The van der Waals surface area contributed by atoms with E-state index in [0.717, 1.165) is 142 Å². The number of nitrogens with one attached hydrogen (secondary N) is 6. The van der Waals surface area contributed by atoms with E-state index in [2.05, 4.69) is 78.1 Å². The Morgan fingerprint density at radius 1 is 0.473 bits per heavy atom. The van der Waals surface area contributed by atoms with E-state index in [1.165, 1.54) is 33.6 Å². The molecule has 16 heteroatoms. The van der Waals surface area contributed by atoms with Crippen LogP contribution in [0.1, 0.15) is 164 Å². The molecule has 4 aliphatic carbocycles. The Hall–Kier alpha value is -5.22. The van der Waals surface area contributed by atoms with Crippen molar-refractivity contribution in [3.63, 3.8) is 0 Å². The zero-order valence-corrected chi connectivity index (χ0v) is 44.9. The number of likely N-dealkylation sites (N-methyl/N-ethyl adjacent to an activating group) is 2. The van der Waals surface area contributed by atoms with Gasteiger partial charge in [-0.1, -0.05) is 62.8 Å². The van der Waals surface area contributed by atoms with Crippen LogP contribution >= 0.6 is 0 Å². The maximum atomic E-state index is 14.4. The van der Waals surface area contributed by atoms with Crippen molar-refractivity contribution in [2.45, 2.75) is 191 Å². The van der Waals surface area contributed by atoms with E-state index < -0.39 is 36.3 Å². The summed E-state index contributed by atoms with van der Waals surface area (Å²) in [5, 5.41) is 19.1. The van der Waals surface area contributed by atoms with Gasteiger partial charge in [-0.15, -0.1) is 0 Å². The van der Waals surface area contributed by atoms with Gasteiger partial charge in [0.1, 0.15) is 24.2 Å². The number of anilines is 2. The van der Waals surface area contributed by atoms with Crippen LogP contribution in [0, 0.1) is 11.8 Å². The minimum absolute atomic E-state index is 0.0683. The minimum atomic E-state index is -0.629. The van der Waals surface area contributed by atoms with Gasteiger partial charge in [0.2, 0.25) is 35.4 Å². The number of benzene rings is 2. The summed E-state index contributed by atoms with van der Waals surface area (Å²) in [6.45, 7) is 8.04. The molecule has 6 N–H and O–H groups in total. The van der Waals surface area contributed by atoms with Crippen molar-refractivity contribution >= 4 is 46.8 Å². The van der Waals surface area contributed by atoms with Gasteiger partial charge < -0.3 is 51.5 Å². The minimum Gasteiger partial charge on any atom is -0.368 e. The molecule has 3 aliphatic heterocycles. The Morgan fingerprint density at radius 2 is 0.865 bits per heavy atom. The summed E-state index contributed by atoms with van der Waals surface area (Å²) in [7, 11) is 3.49. The zero-order chi connectivity index (χ0) is 51.9. The third-order valence-electron chi connectivity index (χ3n) is 18.3. The van der Waals surface area contributed by atoms with Crippen LogP contribution in [0.4, 0.5) is 11.4 Å². The van der Waals surface area contributed by atoms with Crippen molar-refractivity contribution in [3.05, 3.63) is 58.7 Å².